The molecule has 1 aromatic rings. The molecule has 0 aromatic heterocycles. The van der Waals surface area contributed by atoms with Crippen LogP contribution in [0.1, 0.15) is 56.9 Å². The second-order valence-electron chi connectivity index (χ2n) is 7.46. The largest absolute Gasteiger partial charge is 0.493 e. The molecule has 1 amide bonds. The van der Waals surface area contributed by atoms with Gasteiger partial charge in [-0.2, -0.15) is 0 Å². The first-order chi connectivity index (χ1) is 13.1. The van der Waals surface area contributed by atoms with E-state index in [9.17, 15) is 4.79 Å². The summed E-state index contributed by atoms with van der Waals surface area (Å²) in [5.74, 6) is 2.28. The van der Waals surface area contributed by atoms with Crippen LogP contribution in [0, 0.1) is 0 Å². The van der Waals surface area contributed by atoms with Crippen molar-refractivity contribution in [3.63, 3.8) is 0 Å². The molecule has 1 heterocycles. The predicted octanol–water partition coefficient (Wildman–Crippen LogP) is 4.41. The Morgan fingerprint density at radius 3 is 2.70 bits per heavy atom. The maximum Gasteiger partial charge on any atom is 0.233 e. The molecule has 3 rings (SSSR count). The molecule has 6 heteroatoms. The van der Waals surface area contributed by atoms with Crippen LogP contribution < -0.4 is 9.47 Å². The quantitative estimate of drug-likeness (QED) is 0.582. The summed E-state index contributed by atoms with van der Waals surface area (Å²) in [6.45, 7) is 5.46. The minimum absolute atomic E-state index is 0.0355. The Balaban J connectivity index is 1.70. The minimum atomic E-state index is 0.0355. The summed E-state index contributed by atoms with van der Waals surface area (Å²) >= 11 is 1.68. The fourth-order valence-corrected chi connectivity index (χ4v) is 4.86. The standard InChI is InChI=1S/C21H31NO4S/c1-15(2)25-12-6-11-22-20(23)14-27-21(22)16-9-10-18(24-3)19(13-16)26-17-7-4-5-8-17/h9-10,13,15,17,21H,4-8,11-12,14H2,1-3H3. The number of nitrogens with zero attached hydrogens (tertiary/aromatic N) is 1. The second-order valence-corrected chi connectivity index (χ2v) is 8.53. The molecule has 1 aliphatic heterocycles. The number of hydrogen-bond donors (Lipinski definition) is 0. The maximum absolute atomic E-state index is 12.4. The highest BCUT2D eigenvalue weighted by Crippen LogP contribution is 2.42. The molecule has 27 heavy (non-hydrogen) atoms. The summed E-state index contributed by atoms with van der Waals surface area (Å²) in [4.78, 5) is 14.3. The van der Waals surface area contributed by atoms with Gasteiger partial charge in [-0.1, -0.05) is 6.07 Å². The SMILES string of the molecule is COc1ccc(C2SCC(=O)N2CCCOC(C)C)cc1OC1CCCC1. The van der Waals surface area contributed by atoms with Gasteiger partial charge in [0.2, 0.25) is 5.91 Å². The van der Waals surface area contributed by atoms with Gasteiger partial charge in [0.15, 0.2) is 11.5 Å². The van der Waals surface area contributed by atoms with E-state index in [-0.39, 0.29) is 23.5 Å². The van der Waals surface area contributed by atoms with Gasteiger partial charge >= 0.3 is 0 Å². The molecule has 1 aliphatic carbocycles. The molecule has 1 atom stereocenters. The average Bonchev–Trinajstić information content (AvgIpc) is 3.28. The molecule has 2 aliphatic rings. The number of carbonyl (C=O) groups excluding carboxylic acids is 1. The molecule has 2 fully saturated rings. The van der Waals surface area contributed by atoms with Crippen LogP contribution in [-0.2, 0) is 9.53 Å². The molecule has 1 unspecified atom stereocenters. The molecule has 0 radical (unpaired) electrons. The van der Waals surface area contributed by atoms with Crippen molar-refractivity contribution >= 4 is 17.7 Å². The molecule has 0 spiro atoms. The third-order valence-corrected chi connectivity index (χ3v) is 6.29. The molecule has 1 aromatic carbocycles. The van der Waals surface area contributed by atoms with Gasteiger partial charge < -0.3 is 19.1 Å². The topological polar surface area (TPSA) is 48.0 Å². The van der Waals surface area contributed by atoms with Gasteiger partial charge in [-0.05, 0) is 63.6 Å². The highest BCUT2D eigenvalue weighted by molar-refractivity contribution is 8.00. The van der Waals surface area contributed by atoms with Crippen molar-refractivity contribution in [3.05, 3.63) is 23.8 Å². The predicted molar refractivity (Wildman–Crippen MR) is 108 cm³/mol. The summed E-state index contributed by atoms with van der Waals surface area (Å²) in [5, 5.41) is 0.0355. The first-order valence-corrected chi connectivity index (χ1v) is 11.0. The second kappa shape index (κ2) is 9.69. The van der Waals surface area contributed by atoms with E-state index < -0.39 is 0 Å². The van der Waals surface area contributed by atoms with Gasteiger partial charge in [0.05, 0.1) is 25.1 Å². The van der Waals surface area contributed by atoms with Crippen LogP contribution in [0.2, 0.25) is 0 Å². The lowest BCUT2D eigenvalue weighted by atomic mass is 10.1. The Labute approximate surface area is 166 Å². The number of benzene rings is 1. The lowest BCUT2D eigenvalue weighted by Gasteiger charge is -2.25. The van der Waals surface area contributed by atoms with Gasteiger partial charge in [-0.3, -0.25) is 4.79 Å². The first kappa shape index (κ1) is 20.3. The number of methoxy groups -OCH3 is 1. The molecule has 0 bridgehead atoms. The average molecular weight is 394 g/mol. The fourth-order valence-electron chi connectivity index (χ4n) is 3.65. The zero-order chi connectivity index (χ0) is 19.2. The van der Waals surface area contributed by atoms with Crippen LogP contribution >= 0.6 is 11.8 Å². The molecule has 150 valence electrons. The number of thioether (sulfide) groups is 1. The number of carbonyl (C=O) groups is 1. The van der Waals surface area contributed by atoms with Crippen molar-refractivity contribution in [3.8, 4) is 11.5 Å². The van der Waals surface area contributed by atoms with Crippen molar-refractivity contribution in [2.75, 3.05) is 26.0 Å². The number of amides is 1. The molecule has 1 saturated heterocycles. The van der Waals surface area contributed by atoms with Crippen molar-refractivity contribution in [1.29, 1.82) is 0 Å². The number of rotatable bonds is 9. The first-order valence-electron chi connectivity index (χ1n) is 9.95. The van der Waals surface area contributed by atoms with E-state index in [0.29, 0.717) is 18.9 Å². The van der Waals surface area contributed by atoms with Crippen molar-refractivity contribution in [2.24, 2.45) is 0 Å². The Morgan fingerprint density at radius 1 is 1.22 bits per heavy atom. The normalized spacial score (nSPS) is 20.7. The Hall–Kier alpha value is -1.40. The van der Waals surface area contributed by atoms with E-state index in [4.69, 9.17) is 14.2 Å². The lowest BCUT2D eigenvalue weighted by molar-refractivity contribution is -0.128. The molecular weight excluding hydrogens is 362 g/mol. The summed E-state index contributed by atoms with van der Waals surface area (Å²) < 4.78 is 17.3. The zero-order valence-electron chi connectivity index (χ0n) is 16.6. The van der Waals surface area contributed by atoms with Crippen LogP contribution in [0.4, 0.5) is 0 Å². The van der Waals surface area contributed by atoms with E-state index in [1.807, 2.05) is 30.9 Å². The van der Waals surface area contributed by atoms with E-state index in [2.05, 4.69) is 6.07 Å². The minimum Gasteiger partial charge on any atom is -0.493 e. The van der Waals surface area contributed by atoms with Crippen LogP contribution in [0.5, 0.6) is 11.5 Å². The van der Waals surface area contributed by atoms with Crippen molar-refractivity contribution in [2.45, 2.75) is 63.5 Å². The summed E-state index contributed by atoms with van der Waals surface area (Å²) in [5.41, 5.74) is 1.10. The van der Waals surface area contributed by atoms with Crippen LogP contribution in [-0.4, -0.2) is 49.0 Å². The highest BCUT2D eigenvalue weighted by Gasteiger charge is 2.33. The van der Waals surface area contributed by atoms with E-state index in [1.54, 1.807) is 18.9 Å². The van der Waals surface area contributed by atoms with Crippen LogP contribution in [0.15, 0.2) is 18.2 Å². The van der Waals surface area contributed by atoms with Crippen molar-refractivity contribution < 1.29 is 19.0 Å². The fraction of sp³-hybridized carbons (Fsp3) is 0.667. The Bertz CT molecular complexity index is 631. The highest BCUT2D eigenvalue weighted by atomic mass is 32.2. The van der Waals surface area contributed by atoms with E-state index in [1.165, 1.54) is 12.8 Å². The van der Waals surface area contributed by atoms with Gasteiger partial charge in [-0.15, -0.1) is 11.8 Å². The zero-order valence-corrected chi connectivity index (χ0v) is 17.4. The van der Waals surface area contributed by atoms with Gasteiger partial charge in [0.1, 0.15) is 5.37 Å². The molecule has 1 saturated carbocycles. The van der Waals surface area contributed by atoms with Gasteiger partial charge in [0.25, 0.3) is 0 Å². The summed E-state index contributed by atoms with van der Waals surface area (Å²) in [6, 6.07) is 6.07. The van der Waals surface area contributed by atoms with Gasteiger partial charge in [0, 0.05) is 13.2 Å². The molecule has 5 nitrogen and oxygen atoms in total. The molecular formula is C21H31NO4S. The Morgan fingerprint density at radius 2 is 2.00 bits per heavy atom. The monoisotopic (exact) mass is 393 g/mol. The maximum atomic E-state index is 12.4. The Kier molecular flexibility index (Phi) is 7.30. The van der Waals surface area contributed by atoms with Crippen LogP contribution in [0.25, 0.3) is 0 Å². The third kappa shape index (κ3) is 5.32. The van der Waals surface area contributed by atoms with Gasteiger partial charge in [-0.25, -0.2) is 0 Å². The smallest absolute Gasteiger partial charge is 0.233 e. The third-order valence-electron chi connectivity index (χ3n) is 5.03. The summed E-state index contributed by atoms with van der Waals surface area (Å²) in [6.07, 6.45) is 6.01. The number of ether oxygens (including phenoxy) is 3. The van der Waals surface area contributed by atoms with E-state index in [0.717, 1.165) is 36.3 Å². The van der Waals surface area contributed by atoms with E-state index >= 15 is 0 Å². The van der Waals surface area contributed by atoms with Crippen molar-refractivity contribution in [1.82, 2.24) is 4.90 Å². The number of hydrogen-bond acceptors (Lipinski definition) is 5. The van der Waals surface area contributed by atoms with Crippen LogP contribution in [0.3, 0.4) is 0 Å². The summed E-state index contributed by atoms with van der Waals surface area (Å²) in [7, 11) is 1.67. The lowest BCUT2D eigenvalue weighted by Crippen LogP contribution is -2.30. The molecule has 0 N–H and O–H groups in total.